The minimum absolute atomic E-state index is 0.0279. The van der Waals surface area contributed by atoms with Gasteiger partial charge in [0.05, 0.1) is 16.7 Å². The van der Waals surface area contributed by atoms with Crippen molar-refractivity contribution in [1.82, 2.24) is 14.9 Å². The fourth-order valence-electron chi connectivity index (χ4n) is 4.88. The van der Waals surface area contributed by atoms with E-state index >= 15 is 0 Å². The number of nitrogens with zero attached hydrogens (tertiary/aromatic N) is 2. The Morgan fingerprint density at radius 1 is 1.14 bits per heavy atom. The molecule has 5 nitrogen and oxygen atoms in total. The third kappa shape index (κ3) is 4.37. The number of hydrogen-bond acceptors (Lipinski definition) is 4. The first kappa shape index (κ1) is 20.5. The molecule has 2 aliphatic carbocycles. The van der Waals surface area contributed by atoms with Crippen LogP contribution in [0, 0.1) is 11.8 Å². The summed E-state index contributed by atoms with van der Waals surface area (Å²) in [5.74, 6) is 1.50. The Morgan fingerprint density at radius 2 is 1.90 bits per heavy atom. The van der Waals surface area contributed by atoms with Crippen molar-refractivity contribution >= 4 is 28.6 Å². The number of fused-ring (bicyclic) bond motifs is 1. The topological polar surface area (TPSA) is 64.0 Å². The molecule has 0 bridgehead atoms. The molecule has 0 saturated heterocycles. The van der Waals surface area contributed by atoms with Crippen molar-refractivity contribution in [2.24, 2.45) is 11.8 Å². The van der Waals surface area contributed by atoms with Crippen LogP contribution in [0.3, 0.4) is 0 Å². The fraction of sp³-hybridized carbons (Fsp3) is 0.609. The van der Waals surface area contributed by atoms with Crippen molar-refractivity contribution in [3.8, 4) is 0 Å². The van der Waals surface area contributed by atoms with Crippen molar-refractivity contribution in [3.63, 3.8) is 0 Å². The molecule has 1 N–H and O–H groups in total. The van der Waals surface area contributed by atoms with Crippen LogP contribution in [-0.2, 0) is 4.79 Å². The van der Waals surface area contributed by atoms with Gasteiger partial charge in [0.2, 0.25) is 5.91 Å². The van der Waals surface area contributed by atoms with E-state index in [4.69, 9.17) is 4.98 Å². The maximum absolute atomic E-state index is 13.2. The normalized spacial score (nSPS) is 25.4. The zero-order chi connectivity index (χ0) is 20.4. The second kappa shape index (κ2) is 8.90. The molecule has 1 amide bonds. The van der Waals surface area contributed by atoms with Gasteiger partial charge in [-0.05, 0) is 43.2 Å². The molecule has 2 aromatic rings. The Balaban J connectivity index is 1.53. The summed E-state index contributed by atoms with van der Waals surface area (Å²) in [6.07, 6.45) is 7.80. The quantitative estimate of drug-likeness (QED) is 0.577. The third-order valence-corrected chi connectivity index (χ3v) is 7.80. The lowest BCUT2D eigenvalue weighted by atomic mass is 9.78. The van der Waals surface area contributed by atoms with Gasteiger partial charge in [0, 0.05) is 12.1 Å². The van der Waals surface area contributed by atoms with Gasteiger partial charge in [0.1, 0.15) is 0 Å². The van der Waals surface area contributed by atoms with Gasteiger partial charge in [0.25, 0.3) is 5.56 Å². The van der Waals surface area contributed by atoms with E-state index in [2.05, 4.69) is 19.2 Å². The predicted molar refractivity (Wildman–Crippen MR) is 118 cm³/mol. The molecule has 4 rings (SSSR count). The van der Waals surface area contributed by atoms with E-state index in [0.717, 1.165) is 32.1 Å². The van der Waals surface area contributed by atoms with E-state index in [1.54, 1.807) is 0 Å². The minimum Gasteiger partial charge on any atom is -0.352 e. The third-order valence-electron chi connectivity index (χ3n) is 6.85. The molecule has 3 atom stereocenters. The maximum atomic E-state index is 13.2. The van der Waals surface area contributed by atoms with Crippen LogP contribution in [0.15, 0.2) is 34.2 Å². The molecular formula is C23H31N3O2S. The number of thioether (sulfide) groups is 1. The SMILES string of the molecule is CC1CCCC(NC(=O)CSc2nc3ccccc3c(=O)n2C2CCCC2)C1C. The van der Waals surface area contributed by atoms with Gasteiger partial charge in [-0.3, -0.25) is 14.2 Å². The number of aromatic nitrogens is 2. The molecule has 0 spiro atoms. The summed E-state index contributed by atoms with van der Waals surface area (Å²) in [6, 6.07) is 7.98. The summed E-state index contributed by atoms with van der Waals surface area (Å²) in [7, 11) is 0. The second-order valence-corrected chi connectivity index (χ2v) is 9.70. The Hall–Kier alpha value is -1.82. The molecule has 2 fully saturated rings. The molecule has 2 saturated carbocycles. The lowest BCUT2D eigenvalue weighted by molar-refractivity contribution is -0.120. The van der Waals surface area contributed by atoms with Crippen LogP contribution in [0.4, 0.5) is 0 Å². The average Bonchev–Trinajstić information content (AvgIpc) is 3.24. The smallest absolute Gasteiger partial charge is 0.262 e. The lowest BCUT2D eigenvalue weighted by Crippen LogP contribution is -2.44. The fourth-order valence-corrected chi connectivity index (χ4v) is 5.75. The first-order valence-corrected chi connectivity index (χ1v) is 12.0. The van der Waals surface area contributed by atoms with Crippen molar-refractivity contribution < 1.29 is 4.79 Å². The van der Waals surface area contributed by atoms with E-state index in [-0.39, 0.29) is 23.6 Å². The number of carbonyl (C=O) groups is 1. The molecular weight excluding hydrogens is 382 g/mol. The molecule has 1 aromatic heterocycles. The monoisotopic (exact) mass is 413 g/mol. The molecule has 1 heterocycles. The minimum atomic E-state index is 0.0279. The summed E-state index contributed by atoms with van der Waals surface area (Å²) in [4.78, 5) is 30.6. The Morgan fingerprint density at radius 3 is 2.69 bits per heavy atom. The highest BCUT2D eigenvalue weighted by Gasteiger charge is 2.28. The van der Waals surface area contributed by atoms with Crippen molar-refractivity contribution in [2.75, 3.05) is 5.75 Å². The summed E-state index contributed by atoms with van der Waals surface area (Å²) in [5, 5.41) is 4.58. The molecule has 2 aliphatic rings. The predicted octanol–water partition coefficient (Wildman–Crippen LogP) is 4.54. The Labute approximate surface area is 176 Å². The number of carbonyl (C=O) groups excluding carboxylic acids is 1. The number of nitrogens with one attached hydrogen (secondary N) is 1. The number of amides is 1. The summed E-state index contributed by atoms with van der Waals surface area (Å²) in [5.41, 5.74) is 0.740. The van der Waals surface area contributed by atoms with Crippen LogP contribution in [-0.4, -0.2) is 27.3 Å². The van der Waals surface area contributed by atoms with Crippen LogP contribution in [0.1, 0.15) is 64.8 Å². The van der Waals surface area contributed by atoms with Gasteiger partial charge in [0.15, 0.2) is 5.16 Å². The zero-order valence-corrected chi connectivity index (χ0v) is 18.2. The number of para-hydroxylation sites is 1. The van der Waals surface area contributed by atoms with E-state index < -0.39 is 0 Å². The average molecular weight is 414 g/mol. The number of benzene rings is 1. The summed E-state index contributed by atoms with van der Waals surface area (Å²) in [6.45, 7) is 4.52. The van der Waals surface area contributed by atoms with Gasteiger partial charge in [-0.25, -0.2) is 4.98 Å². The van der Waals surface area contributed by atoms with Crippen LogP contribution in [0.2, 0.25) is 0 Å². The molecule has 3 unspecified atom stereocenters. The zero-order valence-electron chi connectivity index (χ0n) is 17.4. The second-order valence-electron chi connectivity index (χ2n) is 8.75. The van der Waals surface area contributed by atoms with Crippen molar-refractivity contribution in [3.05, 3.63) is 34.6 Å². The summed E-state index contributed by atoms with van der Waals surface area (Å²) >= 11 is 1.40. The Bertz CT molecular complexity index is 935. The van der Waals surface area contributed by atoms with Crippen LogP contribution < -0.4 is 10.9 Å². The van der Waals surface area contributed by atoms with Crippen molar-refractivity contribution in [1.29, 1.82) is 0 Å². The maximum Gasteiger partial charge on any atom is 0.262 e. The molecule has 29 heavy (non-hydrogen) atoms. The van der Waals surface area contributed by atoms with E-state index in [1.165, 1.54) is 24.6 Å². The lowest BCUT2D eigenvalue weighted by Gasteiger charge is -2.34. The number of rotatable bonds is 5. The van der Waals surface area contributed by atoms with Crippen LogP contribution in [0.25, 0.3) is 10.9 Å². The molecule has 0 aliphatic heterocycles. The number of hydrogen-bond donors (Lipinski definition) is 1. The van der Waals surface area contributed by atoms with E-state index in [9.17, 15) is 9.59 Å². The molecule has 156 valence electrons. The van der Waals surface area contributed by atoms with Gasteiger partial charge in [-0.1, -0.05) is 63.4 Å². The van der Waals surface area contributed by atoms with Gasteiger partial charge in [-0.15, -0.1) is 0 Å². The first-order valence-electron chi connectivity index (χ1n) is 11.0. The van der Waals surface area contributed by atoms with Crippen molar-refractivity contribution in [2.45, 2.75) is 76.0 Å². The molecule has 1 aromatic carbocycles. The van der Waals surface area contributed by atoms with E-state index in [0.29, 0.717) is 33.6 Å². The highest BCUT2D eigenvalue weighted by molar-refractivity contribution is 7.99. The van der Waals surface area contributed by atoms with Crippen LogP contribution in [0.5, 0.6) is 0 Å². The van der Waals surface area contributed by atoms with Crippen LogP contribution >= 0.6 is 11.8 Å². The largest absolute Gasteiger partial charge is 0.352 e. The van der Waals surface area contributed by atoms with Gasteiger partial charge < -0.3 is 5.32 Å². The first-order chi connectivity index (χ1) is 14.0. The summed E-state index contributed by atoms with van der Waals surface area (Å²) < 4.78 is 1.86. The highest BCUT2D eigenvalue weighted by Crippen LogP contribution is 2.32. The van der Waals surface area contributed by atoms with Gasteiger partial charge in [-0.2, -0.15) is 0 Å². The standard InChI is InChI=1S/C23H31N3O2S/c1-15-8-7-13-19(16(15)2)24-21(27)14-29-23-25-20-12-6-5-11-18(20)22(28)26(23)17-9-3-4-10-17/h5-6,11-12,15-17,19H,3-4,7-10,13-14H2,1-2H3,(H,24,27). The van der Waals surface area contributed by atoms with E-state index in [1.807, 2.05) is 28.8 Å². The molecule has 0 radical (unpaired) electrons. The van der Waals surface area contributed by atoms with Gasteiger partial charge >= 0.3 is 0 Å². The Kier molecular flexibility index (Phi) is 6.28. The highest BCUT2D eigenvalue weighted by atomic mass is 32.2. The molecule has 6 heteroatoms.